The molecule has 0 aromatic heterocycles. The second kappa shape index (κ2) is 33.6. The van der Waals surface area contributed by atoms with Crippen LogP contribution in [0.25, 0.3) is 0 Å². The number of aliphatic hydroxyl groups is 2. The molecule has 6 atom stereocenters. The lowest BCUT2D eigenvalue weighted by Gasteiger charge is -2.24. The van der Waals surface area contributed by atoms with Gasteiger partial charge >= 0.3 is 13.8 Å². The topological polar surface area (TPSA) is 149 Å². The zero-order valence-electron chi connectivity index (χ0n) is 37.0. The van der Waals surface area contributed by atoms with Crippen molar-refractivity contribution < 1.29 is 52.3 Å². The fourth-order valence-electron chi connectivity index (χ4n) is 6.63. The van der Waals surface area contributed by atoms with Crippen molar-refractivity contribution in [1.29, 1.82) is 0 Å². The first-order valence-electron chi connectivity index (χ1n) is 22.5. The number of carbonyl (C=O) groups is 2. The molecule has 0 aliphatic heterocycles. The van der Waals surface area contributed by atoms with Gasteiger partial charge in [0.05, 0.1) is 46.2 Å². The SMILES string of the molecule is CCCCCCCC/C=C\CCCCCC/C=C/O[C@H](COC(=O)CCC/C=C\C[C@H]1C(=O)C[C@@H](O)[C@@H]1/C=C/[C@@H](O)CCCCC)COP(=O)(O)OCC[N+](C)(C)C. The maximum absolute atomic E-state index is 12.6. The summed E-state index contributed by atoms with van der Waals surface area (Å²) >= 11 is 0. The summed E-state index contributed by atoms with van der Waals surface area (Å²) in [5.74, 6) is -1.06. The lowest BCUT2D eigenvalue weighted by Crippen LogP contribution is -2.37. The largest absolute Gasteiger partial charge is 0.492 e. The van der Waals surface area contributed by atoms with Crippen LogP contribution in [0.5, 0.6) is 0 Å². The molecule has 1 aliphatic carbocycles. The van der Waals surface area contributed by atoms with Crippen molar-refractivity contribution in [2.45, 2.75) is 173 Å². The third-order valence-electron chi connectivity index (χ3n) is 10.3. The standard InChI is InChI=1S/C46H82NO10P/c1-6-8-10-11-12-13-14-15-16-17-18-19-20-21-24-28-35-54-41(39-57-58(52,53)56-36-34-47(3,4)5)38-55-46(51)31-27-23-22-26-30-42-43(45(50)37-44(42)49)33-32-40(48)29-25-9-7-2/h15-16,22,26,28,32-33,35,40-43,45,48,50H,6-14,17-21,23-25,27,29-31,34,36-39H2,1-5H3/p+1/b16-15-,26-22-,33-32+,35-28+/t40-,41+,42+,43+,45+/m0/s1. The number of carbonyl (C=O) groups excluding carboxylic acids is 2. The number of hydrogen-bond acceptors (Lipinski definition) is 9. The summed E-state index contributed by atoms with van der Waals surface area (Å²) in [6, 6.07) is 0. The molecule has 0 spiro atoms. The highest BCUT2D eigenvalue weighted by molar-refractivity contribution is 7.47. The molecule has 0 bridgehead atoms. The molecule has 1 rings (SSSR count). The maximum atomic E-state index is 12.6. The molecule has 0 heterocycles. The molecule has 0 radical (unpaired) electrons. The molecule has 12 heteroatoms. The first-order chi connectivity index (χ1) is 27.8. The van der Waals surface area contributed by atoms with E-state index >= 15 is 0 Å². The average Bonchev–Trinajstić information content (AvgIpc) is 3.44. The summed E-state index contributed by atoms with van der Waals surface area (Å²) in [5, 5.41) is 20.7. The van der Waals surface area contributed by atoms with Gasteiger partial charge in [-0.2, -0.15) is 0 Å². The number of quaternary nitrogens is 1. The van der Waals surface area contributed by atoms with Crippen LogP contribution in [0.4, 0.5) is 0 Å². The van der Waals surface area contributed by atoms with Crippen molar-refractivity contribution >= 4 is 19.6 Å². The van der Waals surface area contributed by atoms with Crippen LogP contribution in [0.3, 0.4) is 0 Å². The number of likely N-dealkylation sites (N-methyl/N-ethyl adjacent to an activating group) is 1. The van der Waals surface area contributed by atoms with E-state index in [1.165, 1.54) is 57.8 Å². The first-order valence-corrected chi connectivity index (χ1v) is 24.0. The molecule has 0 amide bonds. The van der Waals surface area contributed by atoms with Gasteiger partial charge in [0.2, 0.25) is 0 Å². The third kappa shape index (κ3) is 30.0. The highest BCUT2D eigenvalue weighted by Crippen LogP contribution is 2.43. The van der Waals surface area contributed by atoms with Crippen LogP contribution in [-0.4, -0.2) is 97.2 Å². The van der Waals surface area contributed by atoms with Crippen LogP contribution >= 0.6 is 7.82 Å². The molecule has 0 aromatic carbocycles. The predicted molar refractivity (Wildman–Crippen MR) is 234 cm³/mol. The highest BCUT2D eigenvalue weighted by Gasteiger charge is 2.39. The Morgan fingerprint density at radius 2 is 1.40 bits per heavy atom. The molecule has 58 heavy (non-hydrogen) atoms. The summed E-state index contributed by atoms with van der Waals surface area (Å²) < 4.78 is 34.7. The molecule has 1 unspecified atom stereocenters. The molecule has 1 fully saturated rings. The monoisotopic (exact) mass is 841 g/mol. The van der Waals surface area contributed by atoms with E-state index in [0.717, 1.165) is 44.9 Å². The number of unbranched alkanes of at least 4 members (excludes halogenated alkanes) is 14. The zero-order valence-corrected chi connectivity index (χ0v) is 37.9. The van der Waals surface area contributed by atoms with E-state index in [1.807, 2.05) is 39.4 Å². The lowest BCUT2D eigenvalue weighted by molar-refractivity contribution is -0.870. The van der Waals surface area contributed by atoms with Crippen molar-refractivity contribution in [2.75, 3.05) is 47.5 Å². The normalized spacial score (nSPS) is 19.9. The number of nitrogens with zero attached hydrogens (tertiary/aromatic N) is 1. The van der Waals surface area contributed by atoms with Crippen LogP contribution < -0.4 is 0 Å². The van der Waals surface area contributed by atoms with E-state index in [9.17, 15) is 29.3 Å². The van der Waals surface area contributed by atoms with Crippen LogP contribution in [0, 0.1) is 11.8 Å². The van der Waals surface area contributed by atoms with E-state index in [2.05, 4.69) is 26.0 Å². The Labute approximate surface area is 352 Å². The van der Waals surface area contributed by atoms with Crippen molar-refractivity contribution in [3.8, 4) is 0 Å². The number of esters is 1. The fraction of sp³-hybridized carbons (Fsp3) is 0.783. The second-order valence-corrected chi connectivity index (χ2v) is 18.4. The average molecular weight is 841 g/mol. The van der Waals surface area contributed by atoms with Crippen LogP contribution in [0.1, 0.15) is 155 Å². The van der Waals surface area contributed by atoms with Gasteiger partial charge in [0.15, 0.2) is 6.10 Å². The Morgan fingerprint density at radius 1 is 0.810 bits per heavy atom. The molecular weight excluding hydrogens is 757 g/mol. The van der Waals surface area contributed by atoms with Crippen LogP contribution in [0.15, 0.2) is 48.8 Å². The lowest BCUT2D eigenvalue weighted by atomic mass is 9.90. The third-order valence-corrected chi connectivity index (χ3v) is 11.3. The number of Topliss-reactive ketones (excluding diaryl/α,β-unsaturated/α-hetero) is 1. The molecule has 0 saturated heterocycles. The summed E-state index contributed by atoms with van der Waals surface area (Å²) in [5.41, 5.74) is 0. The van der Waals surface area contributed by atoms with Crippen molar-refractivity contribution in [3.05, 3.63) is 48.8 Å². The van der Waals surface area contributed by atoms with Gasteiger partial charge in [-0.3, -0.25) is 18.6 Å². The summed E-state index contributed by atoms with van der Waals surface area (Å²) in [7, 11) is 1.51. The minimum Gasteiger partial charge on any atom is -0.492 e. The van der Waals surface area contributed by atoms with Gasteiger partial charge in [0.25, 0.3) is 0 Å². The summed E-state index contributed by atoms with van der Waals surface area (Å²) in [6.07, 6.45) is 34.6. The van der Waals surface area contributed by atoms with Gasteiger partial charge in [0.1, 0.15) is 25.5 Å². The number of rotatable bonds is 37. The Balaban J connectivity index is 2.48. The zero-order chi connectivity index (χ0) is 42.9. The second-order valence-electron chi connectivity index (χ2n) is 16.9. The van der Waals surface area contributed by atoms with Crippen molar-refractivity contribution in [2.24, 2.45) is 11.8 Å². The van der Waals surface area contributed by atoms with Crippen LogP contribution in [0.2, 0.25) is 0 Å². The number of allylic oxidation sites excluding steroid dienone is 5. The summed E-state index contributed by atoms with van der Waals surface area (Å²) in [4.78, 5) is 35.4. The van der Waals surface area contributed by atoms with E-state index in [0.29, 0.717) is 36.7 Å². The van der Waals surface area contributed by atoms with E-state index in [4.69, 9.17) is 18.5 Å². The quantitative estimate of drug-likeness (QED) is 0.0138. The molecular formula is C46H83NO10P+. The van der Waals surface area contributed by atoms with E-state index in [1.54, 1.807) is 18.4 Å². The Kier molecular flexibility index (Phi) is 31.2. The minimum atomic E-state index is -4.34. The highest BCUT2D eigenvalue weighted by atomic mass is 31.2. The smallest absolute Gasteiger partial charge is 0.472 e. The maximum Gasteiger partial charge on any atom is 0.472 e. The molecule has 336 valence electrons. The Bertz CT molecular complexity index is 1230. The van der Waals surface area contributed by atoms with Crippen LogP contribution in [-0.2, 0) is 32.7 Å². The number of ketones is 1. The number of phosphoric acid groups is 1. The fourth-order valence-corrected chi connectivity index (χ4v) is 7.37. The molecule has 11 nitrogen and oxygen atoms in total. The molecule has 0 aromatic rings. The van der Waals surface area contributed by atoms with E-state index in [-0.39, 0.29) is 50.3 Å². The van der Waals surface area contributed by atoms with Gasteiger partial charge in [-0.25, -0.2) is 4.57 Å². The van der Waals surface area contributed by atoms with Gasteiger partial charge in [0, 0.05) is 24.7 Å². The van der Waals surface area contributed by atoms with Gasteiger partial charge in [-0.1, -0.05) is 115 Å². The van der Waals surface area contributed by atoms with Crippen molar-refractivity contribution in [1.82, 2.24) is 0 Å². The number of phosphoric ester groups is 1. The van der Waals surface area contributed by atoms with Gasteiger partial charge in [-0.15, -0.1) is 0 Å². The Morgan fingerprint density at radius 3 is 2.05 bits per heavy atom. The van der Waals surface area contributed by atoms with Gasteiger partial charge in [-0.05, 0) is 70.3 Å². The minimum absolute atomic E-state index is 0.0207. The Hall–Kier alpha value is -2.11. The molecule has 3 N–H and O–H groups in total. The molecule has 1 saturated carbocycles. The molecule has 1 aliphatic rings. The first kappa shape index (κ1) is 53.9. The van der Waals surface area contributed by atoms with Crippen molar-refractivity contribution in [3.63, 3.8) is 0 Å². The summed E-state index contributed by atoms with van der Waals surface area (Å²) in [6.45, 7) is 4.47. The van der Waals surface area contributed by atoms with E-state index < -0.39 is 32.1 Å². The number of ether oxygens (including phenoxy) is 2. The number of aliphatic hydroxyl groups excluding tert-OH is 2. The predicted octanol–water partition coefficient (Wildman–Crippen LogP) is 10.1. The van der Waals surface area contributed by atoms with Gasteiger partial charge < -0.3 is 29.1 Å². The number of hydrogen-bond donors (Lipinski definition) is 3.